The largest absolute Gasteiger partial charge is 0.441 e. The number of halogens is 2. The number of nitro groups is 1. The van der Waals surface area contributed by atoms with Crippen molar-refractivity contribution in [3.8, 4) is 11.3 Å². The van der Waals surface area contributed by atoms with E-state index < -0.39 is 16.6 Å². The molecule has 2 aromatic carbocycles. The molecule has 3 rings (SSSR count). The average Bonchev–Trinajstić information content (AvgIpc) is 3.13. The van der Waals surface area contributed by atoms with Gasteiger partial charge in [-0.3, -0.25) is 14.9 Å². The summed E-state index contributed by atoms with van der Waals surface area (Å²) in [5.41, 5.74) is 0.791. The van der Waals surface area contributed by atoms with Gasteiger partial charge in [-0.1, -0.05) is 12.1 Å². The third-order valence-corrected chi connectivity index (χ3v) is 3.95. The monoisotopic (exact) mass is 387 g/mol. The minimum atomic E-state index is -0.761. The van der Waals surface area contributed by atoms with Crippen LogP contribution < -0.4 is 5.32 Å². The van der Waals surface area contributed by atoms with Crippen molar-refractivity contribution in [2.24, 2.45) is 0 Å². The Morgan fingerprint density at radius 3 is 2.61 bits per heavy atom. The number of carbonyl (C=O) groups excluding carboxylic acids is 1. The van der Waals surface area contributed by atoms with Crippen molar-refractivity contribution in [3.63, 3.8) is 0 Å². The fourth-order valence-corrected chi connectivity index (χ4v) is 2.48. The van der Waals surface area contributed by atoms with E-state index in [9.17, 15) is 23.7 Å². The number of oxazole rings is 1. The lowest BCUT2D eigenvalue weighted by Crippen LogP contribution is -2.23. The van der Waals surface area contributed by atoms with Crippen LogP contribution in [0.15, 0.2) is 53.1 Å². The third-order valence-electron chi connectivity index (χ3n) is 3.95. The molecule has 0 unspecified atom stereocenters. The second kappa shape index (κ2) is 8.38. The maximum atomic E-state index is 13.8. The molecule has 1 amide bonds. The van der Waals surface area contributed by atoms with Crippen molar-refractivity contribution in [1.82, 2.24) is 10.3 Å². The first-order chi connectivity index (χ1) is 13.4. The number of carbonyl (C=O) groups is 1. The highest BCUT2D eigenvalue weighted by Crippen LogP contribution is 2.24. The van der Waals surface area contributed by atoms with Crippen LogP contribution in [0.3, 0.4) is 0 Å². The van der Waals surface area contributed by atoms with Crippen molar-refractivity contribution in [1.29, 1.82) is 0 Å². The van der Waals surface area contributed by atoms with Crippen molar-refractivity contribution in [3.05, 3.63) is 81.9 Å². The summed E-state index contributed by atoms with van der Waals surface area (Å²) in [6.45, 7) is 0.231. The van der Waals surface area contributed by atoms with Gasteiger partial charge in [0.25, 0.3) is 5.69 Å². The molecule has 1 heterocycles. The quantitative estimate of drug-likeness (QED) is 0.491. The molecule has 0 fully saturated rings. The Bertz CT molecular complexity index is 1000. The zero-order valence-electron chi connectivity index (χ0n) is 14.5. The van der Waals surface area contributed by atoms with Gasteiger partial charge >= 0.3 is 0 Å². The fourth-order valence-electron chi connectivity index (χ4n) is 2.48. The first-order valence-electron chi connectivity index (χ1n) is 8.32. The maximum absolute atomic E-state index is 13.8. The molecule has 0 saturated carbocycles. The van der Waals surface area contributed by atoms with Crippen molar-refractivity contribution in [2.45, 2.75) is 19.4 Å². The van der Waals surface area contributed by atoms with E-state index in [0.717, 1.165) is 17.7 Å². The zero-order valence-corrected chi connectivity index (χ0v) is 14.5. The van der Waals surface area contributed by atoms with E-state index in [2.05, 4.69) is 10.3 Å². The molecule has 0 aliphatic rings. The molecule has 1 N–H and O–H groups in total. The van der Waals surface area contributed by atoms with E-state index in [1.807, 2.05) is 0 Å². The highest BCUT2D eigenvalue weighted by atomic mass is 19.1. The minimum absolute atomic E-state index is 0.0210. The molecule has 0 radical (unpaired) electrons. The topological polar surface area (TPSA) is 98.3 Å². The van der Waals surface area contributed by atoms with Gasteiger partial charge in [-0.2, -0.15) is 0 Å². The number of nitro benzene ring substituents is 1. The lowest BCUT2D eigenvalue weighted by atomic mass is 10.2. The van der Waals surface area contributed by atoms with Crippen LogP contribution in [0.5, 0.6) is 0 Å². The van der Waals surface area contributed by atoms with Crippen LogP contribution in [0.4, 0.5) is 14.5 Å². The van der Waals surface area contributed by atoms with Gasteiger partial charge in [-0.15, -0.1) is 0 Å². The lowest BCUT2D eigenvalue weighted by molar-refractivity contribution is -0.384. The summed E-state index contributed by atoms with van der Waals surface area (Å²) in [5, 5.41) is 13.3. The van der Waals surface area contributed by atoms with Crippen LogP contribution in [0.25, 0.3) is 11.3 Å². The normalized spacial score (nSPS) is 10.6. The van der Waals surface area contributed by atoms with Crippen LogP contribution in [0.1, 0.15) is 17.9 Å². The van der Waals surface area contributed by atoms with Crippen LogP contribution >= 0.6 is 0 Å². The molecule has 1 aromatic heterocycles. The van der Waals surface area contributed by atoms with Crippen LogP contribution in [0, 0.1) is 21.7 Å². The number of aryl methyl sites for hydroxylation is 1. The predicted octanol–water partition coefficient (Wildman–Crippen LogP) is 3.78. The second-order valence-corrected chi connectivity index (χ2v) is 5.94. The molecule has 7 nitrogen and oxygen atoms in total. The van der Waals surface area contributed by atoms with Crippen LogP contribution in [-0.4, -0.2) is 15.8 Å². The van der Waals surface area contributed by atoms with Crippen LogP contribution in [-0.2, 0) is 17.8 Å². The summed E-state index contributed by atoms with van der Waals surface area (Å²) in [7, 11) is 0. The molecule has 144 valence electrons. The summed E-state index contributed by atoms with van der Waals surface area (Å²) >= 11 is 0. The SMILES string of the molecule is O=C(CCc1ncc(-c2ccc(F)cc2F)o1)NCc1ccc([N+](=O)[O-])cc1. The third kappa shape index (κ3) is 4.76. The molecule has 0 spiro atoms. The van der Waals surface area contributed by atoms with E-state index in [1.54, 1.807) is 12.1 Å². The number of rotatable bonds is 7. The second-order valence-electron chi connectivity index (χ2n) is 5.94. The summed E-state index contributed by atoms with van der Waals surface area (Å²) < 4.78 is 32.2. The molecular weight excluding hydrogens is 372 g/mol. The van der Waals surface area contributed by atoms with Gasteiger partial charge in [0.05, 0.1) is 16.7 Å². The molecule has 0 aliphatic heterocycles. The Kier molecular flexibility index (Phi) is 5.73. The van der Waals surface area contributed by atoms with E-state index in [4.69, 9.17) is 4.42 Å². The van der Waals surface area contributed by atoms with Gasteiger partial charge in [-0.25, -0.2) is 13.8 Å². The number of hydrogen-bond acceptors (Lipinski definition) is 5. The zero-order chi connectivity index (χ0) is 20.1. The highest BCUT2D eigenvalue weighted by Gasteiger charge is 2.13. The Balaban J connectivity index is 1.51. The minimum Gasteiger partial charge on any atom is -0.441 e. The number of benzene rings is 2. The van der Waals surface area contributed by atoms with Gasteiger partial charge in [0.2, 0.25) is 5.91 Å². The number of hydrogen-bond donors (Lipinski definition) is 1. The first kappa shape index (κ1) is 19.2. The summed E-state index contributed by atoms with van der Waals surface area (Å²) in [6.07, 6.45) is 1.62. The first-order valence-corrected chi connectivity index (χ1v) is 8.32. The summed E-state index contributed by atoms with van der Waals surface area (Å²) in [4.78, 5) is 26.1. The van der Waals surface area contributed by atoms with E-state index in [1.165, 1.54) is 24.4 Å². The number of non-ortho nitro benzene ring substituents is 1. The van der Waals surface area contributed by atoms with Gasteiger partial charge in [0, 0.05) is 37.6 Å². The summed E-state index contributed by atoms with van der Waals surface area (Å²) in [5.74, 6) is -1.30. The average molecular weight is 387 g/mol. The van der Waals surface area contributed by atoms with Gasteiger partial charge in [0.1, 0.15) is 11.6 Å². The molecule has 0 atom stereocenters. The molecule has 3 aromatic rings. The smallest absolute Gasteiger partial charge is 0.269 e. The maximum Gasteiger partial charge on any atom is 0.269 e. The number of aromatic nitrogens is 1. The summed E-state index contributed by atoms with van der Waals surface area (Å²) in [6, 6.07) is 8.99. The van der Waals surface area contributed by atoms with Crippen molar-refractivity contribution in [2.75, 3.05) is 0 Å². The van der Waals surface area contributed by atoms with Gasteiger partial charge in [0.15, 0.2) is 11.7 Å². The van der Waals surface area contributed by atoms with Crippen molar-refractivity contribution >= 4 is 11.6 Å². The molecule has 0 saturated heterocycles. The highest BCUT2D eigenvalue weighted by molar-refractivity contribution is 5.76. The van der Waals surface area contributed by atoms with Crippen molar-refractivity contribution < 1.29 is 22.9 Å². The molecule has 9 heteroatoms. The number of nitrogens with zero attached hydrogens (tertiary/aromatic N) is 2. The Morgan fingerprint density at radius 2 is 1.93 bits per heavy atom. The predicted molar refractivity (Wildman–Crippen MR) is 95.1 cm³/mol. The van der Waals surface area contributed by atoms with Gasteiger partial charge < -0.3 is 9.73 Å². The van der Waals surface area contributed by atoms with E-state index >= 15 is 0 Å². The standard InChI is InChI=1S/C19H15F2N3O4/c20-13-3-6-15(16(21)9-13)17-11-23-19(28-17)8-7-18(25)22-10-12-1-4-14(5-2-12)24(26)27/h1-6,9,11H,7-8,10H2,(H,22,25). The lowest BCUT2D eigenvalue weighted by Gasteiger charge is -2.04. The van der Waals surface area contributed by atoms with E-state index in [0.29, 0.717) is 0 Å². The molecule has 0 bridgehead atoms. The number of nitrogens with one attached hydrogen (secondary N) is 1. The number of amides is 1. The molecular formula is C19H15F2N3O4. The van der Waals surface area contributed by atoms with Crippen LogP contribution in [0.2, 0.25) is 0 Å². The molecule has 28 heavy (non-hydrogen) atoms. The Morgan fingerprint density at radius 1 is 1.18 bits per heavy atom. The van der Waals surface area contributed by atoms with Gasteiger partial charge in [-0.05, 0) is 17.7 Å². The Labute approximate surface area is 158 Å². The Hall–Kier alpha value is -3.62. The van der Waals surface area contributed by atoms with E-state index in [-0.39, 0.29) is 48.2 Å². The fraction of sp³-hybridized carbons (Fsp3) is 0.158. The molecule has 0 aliphatic carbocycles.